The quantitative estimate of drug-likeness (QED) is 0.719. The highest BCUT2D eigenvalue weighted by atomic mass is 16.6. The van der Waals surface area contributed by atoms with E-state index < -0.39 is 17.8 Å². The molecule has 19 heavy (non-hydrogen) atoms. The van der Waals surface area contributed by atoms with Crippen LogP contribution in [-0.2, 0) is 9.47 Å². The Morgan fingerprint density at radius 1 is 1.11 bits per heavy atom. The van der Waals surface area contributed by atoms with Crippen LogP contribution in [0.15, 0.2) is 12.7 Å². The Morgan fingerprint density at radius 2 is 1.58 bits per heavy atom. The number of rotatable bonds is 5. The van der Waals surface area contributed by atoms with Gasteiger partial charge in [-0.1, -0.05) is 12.7 Å². The summed E-state index contributed by atoms with van der Waals surface area (Å²) in [5, 5.41) is 0. The number of carbonyl (C=O) groups is 2. The van der Waals surface area contributed by atoms with Crippen LogP contribution in [0.3, 0.4) is 0 Å². The zero-order valence-corrected chi connectivity index (χ0v) is 12.4. The van der Waals surface area contributed by atoms with Crippen LogP contribution in [0, 0.1) is 0 Å². The maximum Gasteiger partial charge on any atom is 0.410 e. The van der Waals surface area contributed by atoms with Crippen molar-refractivity contribution in [3.05, 3.63) is 12.7 Å². The number of hydrogen-bond acceptors (Lipinski definition) is 4. The summed E-state index contributed by atoms with van der Waals surface area (Å²) in [4.78, 5) is 25.9. The van der Waals surface area contributed by atoms with E-state index in [-0.39, 0.29) is 6.61 Å². The molecule has 2 amide bonds. The van der Waals surface area contributed by atoms with Gasteiger partial charge >= 0.3 is 12.2 Å². The second-order valence-corrected chi connectivity index (χ2v) is 5.19. The topological polar surface area (TPSA) is 59.1 Å². The fourth-order valence-corrected chi connectivity index (χ4v) is 1.06. The van der Waals surface area contributed by atoms with Gasteiger partial charge in [0, 0.05) is 27.2 Å². The number of amides is 2. The smallest absolute Gasteiger partial charge is 0.410 e. The van der Waals surface area contributed by atoms with E-state index in [0.29, 0.717) is 13.1 Å². The molecule has 0 unspecified atom stereocenters. The van der Waals surface area contributed by atoms with Crippen LogP contribution in [0.4, 0.5) is 9.59 Å². The van der Waals surface area contributed by atoms with Crippen LogP contribution < -0.4 is 0 Å². The first kappa shape index (κ1) is 17.3. The largest absolute Gasteiger partial charge is 0.445 e. The molecule has 0 radical (unpaired) electrons. The third-order valence-corrected chi connectivity index (χ3v) is 2.11. The molecule has 6 heteroatoms. The minimum atomic E-state index is -0.528. The molecule has 0 aromatic heterocycles. The number of nitrogens with zero attached hydrogens (tertiary/aromatic N) is 2. The Morgan fingerprint density at radius 3 is 2.00 bits per heavy atom. The minimum absolute atomic E-state index is 0.172. The monoisotopic (exact) mass is 272 g/mol. The van der Waals surface area contributed by atoms with Gasteiger partial charge in [-0.25, -0.2) is 9.59 Å². The highest BCUT2D eigenvalue weighted by Gasteiger charge is 2.20. The molecule has 0 aliphatic carbocycles. The van der Waals surface area contributed by atoms with Gasteiger partial charge in [0.25, 0.3) is 0 Å². The van der Waals surface area contributed by atoms with E-state index in [9.17, 15) is 9.59 Å². The lowest BCUT2D eigenvalue weighted by Crippen LogP contribution is -2.40. The molecule has 110 valence electrons. The van der Waals surface area contributed by atoms with Crippen molar-refractivity contribution >= 4 is 12.2 Å². The molecule has 0 aliphatic rings. The second kappa shape index (κ2) is 7.66. The van der Waals surface area contributed by atoms with Crippen molar-refractivity contribution in [1.29, 1.82) is 0 Å². The summed E-state index contributed by atoms with van der Waals surface area (Å²) in [6.07, 6.45) is 0.635. The molecule has 0 spiro atoms. The molecule has 0 bridgehead atoms. The van der Waals surface area contributed by atoms with Gasteiger partial charge in [-0.3, -0.25) is 0 Å². The van der Waals surface area contributed by atoms with E-state index in [4.69, 9.17) is 9.47 Å². The van der Waals surface area contributed by atoms with Gasteiger partial charge < -0.3 is 19.3 Å². The minimum Gasteiger partial charge on any atom is -0.445 e. The van der Waals surface area contributed by atoms with E-state index >= 15 is 0 Å². The molecule has 0 aromatic rings. The Bertz CT molecular complexity index is 323. The molecule has 0 aromatic carbocycles. The molecule has 0 saturated carbocycles. The summed E-state index contributed by atoms with van der Waals surface area (Å²) in [6, 6.07) is 0. The number of hydrogen-bond donors (Lipinski definition) is 0. The van der Waals surface area contributed by atoms with E-state index in [0.717, 1.165) is 0 Å². The molecular formula is C13H24N2O4. The first-order valence-electron chi connectivity index (χ1n) is 6.10. The van der Waals surface area contributed by atoms with Gasteiger partial charge in [-0.15, -0.1) is 0 Å². The second-order valence-electron chi connectivity index (χ2n) is 5.19. The van der Waals surface area contributed by atoms with Crippen molar-refractivity contribution in [2.24, 2.45) is 0 Å². The van der Waals surface area contributed by atoms with Crippen molar-refractivity contribution in [1.82, 2.24) is 9.80 Å². The van der Waals surface area contributed by atoms with Crippen molar-refractivity contribution in [3.8, 4) is 0 Å². The third-order valence-electron chi connectivity index (χ3n) is 2.11. The van der Waals surface area contributed by atoms with Crippen molar-refractivity contribution < 1.29 is 19.1 Å². The summed E-state index contributed by atoms with van der Waals surface area (Å²) in [7, 11) is 3.23. The molecule has 0 aliphatic heterocycles. The molecule has 0 rings (SSSR count). The standard InChI is InChI=1S/C13H24N2O4/c1-7-10-18-11(16)14(5)8-9-15(6)12(17)19-13(2,3)4/h7H,1,8-10H2,2-6H3. The zero-order valence-electron chi connectivity index (χ0n) is 12.4. The van der Waals surface area contributed by atoms with Gasteiger partial charge in [-0.2, -0.15) is 0 Å². The predicted octanol–water partition coefficient (Wildman–Crippen LogP) is 2.11. The van der Waals surface area contributed by atoms with Gasteiger partial charge in [0.05, 0.1) is 0 Å². The third kappa shape index (κ3) is 8.07. The predicted molar refractivity (Wildman–Crippen MR) is 73.0 cm³/mol. The number of likely N-dealkylation sites (N-methyl/N-ethyl adjacent to an activating group) is 2. The van der Waals surface area contributed by atoms with E-state index in [2.05, 4.69) is 6.58 Å². The van der Waals surface area contributed by atoms with Crippen LogP contribution >= 0.6 is 0 Å². The Labute approximate surface area is 114 Å². The molecule has 6 nitrogen and oxygen atoms in total. The molecule has 0 heterocycles. The first-order valence-corrected chi connectivity index (χ1v) is 6.10. The van der Waals surface area contributed by atoms with E-state index in [1.54, 1.807) is 34.9 Å². The van der Waals surface area contributed by atoms with Gasteiger partial charge in [-0.05, 0) is 20.8 Å². The summed E-state index contributed by atoms with van der Waals surface area (Å²) in [5.74, 6) is 0. The summed E-state index contributed by atoms with van der Waals surface area (Å²) < 4.78 is 10.1. The van der Waals surface area contributed by atoms with Crippen molar-refractivity contribution in [3.63, 3.8) is 0 Å². The zero-order chi connectivity index (χ0) is 15.1. The van der Waals surface area contributed by atoms with Gasteiger partial charge in [0.2, 0.25) is 0 Å². The molecule has 0 atom stereocenters. The maximum atomic E-state index is 11.7. The average molecular weight is 272 g/mol. The maximum absolute atomic E-state index is 11.7. The Balaban J connectivity index is 4.07. The summed E-state index contributed by atoms with van der Waals surface area (Å²) in [6.45, 7) is 9.78. The number of ether oxygens (including phenoxy) is 2. The Kier molecular flexibility index (Phi) is 6.96. The van der Waals surface area contributed by atoms with Crippen LogP contribution in [0.1, 0.15) is 20.8 Å². The lowest BCUT2D eigenvalue weighted by molar-refractivity contribution is 0.0283. The lowest BCUT2D eigenvalue weighted by atomic mass is 10.2. The highest BCUT2D eigenvalue weighted by molar-refractivity contribution is 5.68. The average Bonchev–Trinajstić information content (AvgIpc) is 2.30. The lowest BCUT2D eigenvalue weighted by Gasteiger charge is -2.26. The SMILES string of the molecule is C=CCOC(=O)N(C)CCN(C)C(=O)OC(C)(C)C. The van der Waals surface area contributed by atoms with Crippen LogP contribution in [0.2, 0.25) is 0 Å². The summed E-state index contributed by atoms with van der Waals surface area (Å²) in [5.41, 5.74) is -0.528. The molecule has 0 N–H and O–H groups in total. The fraction of sp³-hybridized carbons (Fsp3) is 0.692. The van der Waals surface area contributed by atoms with Crippen molar-refractivity contribution in [2.75, 3.05) is 33.8 Å². The van der Waals surface area contributed by atoms with E-state index in [1.807, 2.05) is 0 Å². The Hall–Kier alpha value is -1.72. The fourth-order valence-electron chi connectivity index (χ4n) is 1.06. The van der Waals surface area contributed by atoms with Crippen LogP contribution in [-0.4, -0.2) is 61.4 Å². The van der Waals surface area contributed by atoms with E-state index in [1.165, 1.54) is 15.9 Å². The highest BCUT2D eigenvalue weighted by Crippen LogP contribution is 2.08. The molecular weight excluding hydrogens is 248 g/mol. The summed E-state index contributed by atoms with van der Waals surface area (Å²) >= 11 is 0. The van der Waals surface area contributed by atoms with Crippen LogP contribution in [0.5, 0.6) is 0 Å². The van der Waals surface area contributed by atoms with Gasteiger partial charge in [0.1, 0.15) is 12.2 Å². The first-order chi connectivity index (χ1) is 8.67. The van der Waals surface area contributed by atoms with Crippen molar-refractivity contribution in [2.45, 2.75) is 26.4 Å². The van der Waals surface area contributed by atoms with Gasteiger partial charge in [0.15, 0.2) is 0 Å². The number of carbonyl (C=O) groups excluding carboxylic acids is 2. The van der Waals surface area contributed by atoms with Crippen LogP contribution in [0.25, 0.3) is 0 Å². The molecule has 0 saturated heterocycles. The normalized spacial score (nSPS) is 10.6. The molecule has 0 fully saturated rings.